The number of hydrogen-bond donors (Lipinski definition) is 1. The Morgan fingerprint density at radius 1 is 1.33 bits per heavy atom. The number of hydrogen-bond acceptors (Lipinski definition) is 2. The fourth-order valence-electron chi connectivity index (χ4n) is 2.12. The van der Waals surface area contributed by atoms with Crippen LogP contribution < -0.4 is 0 Å². The molecule has 1 saturated carbocycles. The van der Waals surface area contributed by atoms with E-state index >= 15 is 0 Å². The van der Waals surface area contributed by atoms with Crippen LogP contribution in [0.4, 0.5) is 0 Å². The number of likely N-dealkylation sites (N-methyl/N-ethyl adjacent to an activating group) is 1. The number of aliphatic hydroxyl groups is 1. The molecule has 2 nitrogen and oxygen atoms in total. The average Bonchev–Trinajstić information content (AvgIpc) is 2.05. The molecule has 1 N–H and O–H groups in total. The van der Waals surface area contributed by atoms with E-state index in [0.717, 1.165) is 13.0 Å². The summed E-state index contributed by atoms with van der Waals surface area (Å²) >= 11 is 0. The topological polar surface area (TPSA) is 23.5 Å². The van der Waals surface area contributed by atoms with E-state index < -0.39 is 0 Å². The largest absolute Gasteiger partial charge is 0.391 e. The van der Waals surface area contributed by atoms with Gasteiger partial charge < -0.3 is 10.0 Å². The SMILES string of the molecule is CCCN(C)C1CCCCC1O. The zero-order chi connectivity index (χ0) is 8.97. The van der Waals surface area contributed by atoms with Crippen molar-refractivity contribution in [1.82, 2.24) is 4.90 Å². The average molecular weight is 171 g/mol. The zero-order valence-electron chi connectivity index (χ0n) is 8.29. The molecule has 1 rings (SSSR count). The van der Waals surface area contributed by atoms with Gasteiger partial charge in [-0.3, -0.25) is 0 Å². The minimum Gasteiger partial charge on any atom is -0.391 e. The quantitative estimate of drug-likeness (QED) is 0.697. The third kappa shape index (κ3) is 2.46. The van der Waals surface area contributed by atoms with Crippen molar-refractivity contribution in [2.45, 2.75) is 51.2 Å². The Hall–Kier alpha value is -0.0800. The van der Waals surface area contributed by atoms with Crippen LogP contribution in [0.2, 0.25) is 0 Å². The molecular formula is C10H21NO. The maximum absolute atomic E-state index is 9.72. The van der Waals surface area contributed by atoms with Crippen LogP contribution in [-0.4, -0.2) is 35.7 Å². The maximum Gasteiger partial charge on any atom is 0.0695 e. The van der Waals surface area contributed by atoms with Crippen molar-refractivity contribution in [2.24, 2.45) is 0 Å². The molecule has 0 aromatic heterocycles. The van der Waals surface area contributed by atoms with Gasteiger partial charge in [0.05, 0.1) is 6.10 Å². The maximum atomic E-state index is 9.72. The lowest BCUT2D eigenvalue weighted by Crippen LogP contribution is -2.43. The Bertz CT molecular complexity index is 127. The molecule has 0 aromatic rings. The molecule has 0 radical (unpaired) electrons. The lowest BCUT2D eigenvalue weighted by Gasteiger charge is -2.34. The van der Waals surface area contributed by atoms with Gasteiger partial charge in [-0.05, 0) is 32.9 Å². The first-order valence-electron chi connectivity index (χ1n) is 5.14. The molecule has 2 unspecified atom stereocenters. The van der Waals surface area contributed by atoms with Crippen molar-refractivity contribution in [1.29, 1.82) is 0 Å². The van der Waals surface area contributed by atoms with Crippen molar-refractivity contribution in [3.8, 4) is 0 Å². The molecule has 1 aliphatic rings. The summed E-state index contributed by atoms with van der Waals surface area (Å²) in [4.78, 5) is 2.31. The van der Waals surface area contributed by atoms with E-state index in [4.69, 9.17) is 0 Å². The molecule has 0 heterocycles. The van der Waals surface area contributed by atoms with E-state index in [1.165, 1.54) is 25.7 Å². The molecule has 12 heavy (non-hydrogen) atoms. The second-order valence-corrected chi connectivity index (χ2v) is 3.90. The second-order valence-electron chi connectivity index (χ2n) is 3.90. The van der Waals surface area contributed by atoms with Crippen molar-refractivity contribution in [3.05, 3.63) is 0 Å². The van der Waals surface area contributed by atoms with Crippen molar-refractivity contribution in [3.63, 3.8) is 0 Å². The Morgan fingerprint density at radius 2 is 2.00 bits per heavy atom. The third-order valence-corrected chi connectivity index (χ3v) is 2.84. The minimum atomic E-state index is -0.0738. The van der Waals surface area contributed by atoms with E-state index in [1.54, 1.807) is 0 Å². The Labute approximate surface area is 75.6 Å². The zero-order valence-corrected chi connectivity index (χ0v) is 8.29. The summed E-state index contributed by atoms with van der Waals surface area (Å²) in [5, 5.41) is 9.72. The van der Waals surface area contributed by atoms with Crippen LogP contribution in [0.3, 0.4) is 0 Å². The standard InChI is InChI=1S/C10H21NO/c1-3-8-11(2)9-6-4-5-7-10(9)12/h9-10,12H,3-8H2,1-2H3. The van der Waals surface area contributed by atoms with Gasteiger partial charge in [0, 0.05) is 6.04 Å². The highest BCUT2D eigenvalue weighted by molar-refractivity contribution is 4.81. The van der Waals surface area contributed by atoms with Gasteiger partial charge in [-0.25, -0.2) is 0 Å². The summed E-state index contributed by atoms with van der Waals surface area (Å²) < 4.78 is 0. The summed E-state index contributed by atoms with van der Waals surface area (Å²) in [5.41, 5.74) is 0. The molecule has 0 bridgehead atoms. The van der Waals surface area contributed by atoms with Crippen molar-refractivity contribution in [2.75, 3.05) is 13.6 Å². The summed E-state index contributed by atoms with van der Waals surface area (Å²) in [6.45, 7) is 3.30. The molecule has 1 fully saturated rings. The highest BCUT2D eigenvalue weighted by Crippen LogP contribution is 2.22. The smallest absolute Gasteiger partial charge is 0.0695 e. The molecule has 0 aliphatic heterocycles. The van der Waals surface area contributed by atoms with Crippen LogP contribution >= 0.6 is 0 Å². The molecular weight excluding hydrogens is 150 g/mol. The monoisotopic (exact) mass is 171 g/mol. The van der Waals surface area contributed by atoms with Crippen molar-refractivity contribution >= 4 is 0 Å². The van der Waals surface area contributed by atoms with E-state index in [9.17, 15) is 5.11 Å². The Balaban J connectivity index is 2.36. The van der Waals surface area contributed by atoms with E-state index in [0.29, 0.717) is 6.04 Å². The highest BCUT2D eigenvalue weighted by atomic mass is 16.3. The molecule has 0 aromatic carbocycles. The van der Waals surface area contributed by atoms with Gasteiger partial charge in [-0.1, -0.05) is 19.8 Å². The molecule has 0 amide bonds. The van der Waals surface area contributed by atoms with Gasteiger partial charge in [0.15, 0.2) is 0 Å². The third-order valence-electron chi connectivity index (χ3n) is 2.84. The molecule has 1 aliphatic carbocycles. The predicted molar refractivity (Wildman–Crippen MR) is 51.2 cm³/mol. The summed E-state index contributed by atoms with van der Waals surface area (Å²) in [6.07, 6.45) is 5.78. The van der Waals surface area contributed by atoms with E-state index in [2.05, 4.69) is 18.9 Å². The molecule has 72 valence electrons. The molecule has 2 heteroatoms. The number of aliphatic hydroxyl groups excluding tert-OH is 1. The number of nitrogens with zero attached hydrogens (tertiary/aromatic N) is 1. The van der Waals surface area contributed by atoms with Gasteiger partial charge in [0.25, 0.3) is 0 Å². The van der Waals surface area contributed by atoms with Gasteiger partial charge in [0.1, 0.15) is 0 Å². The van der Waals surface area contributed by atoms with Gasteiger partial charge in [-0.2, -0.15) is 0 Å². The molecule has 2 atom stereocenters. The van der Waals surface area contributed by atoms with Crippen LogP contribution in [0.25, 0.3) is 0 Å². The Morgan fingerprint density at radius 3 is 2.58 bits per heavy atom. The summed E-state index contributed by atoms with van der Waals surface area (Å²) in [5.74, 6) is 0. The minimum absolute atomic E-state index is 0.0738. The predicted octanol–water partition coefficient (Wildman–Crippen LogP) is 1.63. The van der Waals surface area contributed by atoms with Crippen LogP contribution in [-0.2, 0) is 0 Å². The number of rotatable bonds is 3. The normalized spacial score (nSPS) is 31.0. The van der Waals surface area contributed by atoms with Crippen LogP contribution in [0.1, 0.15) is 39.0 Å². The first-order chi connectivity index (χ1) is 5.75. The lowest BCUT2D eigenvalue weighted by molar-refractivity contribution is 0.0323. The van der Waals surface area contributed by atoms with Gasteiger partial charge in [0.2, 0.25) is 0 Å². The van der Waals surface area contributed by atoms with E-state index in [-0.39, 0.29) is 6.10 Å². The van der Waals surface area contributed by atoms with Gasteiger partial charge in [-0.15, -0.1) is 0 Å². The Kier molecular flexibility index (Phi) is 4.02. The molecule has 0 saturated heterocycles. The van der Waals surface area contributed by atoms with Crippen LogP contribution in [0.15, 0.2) is 0 Å². The van der Waals surface area contributed by atoms with Crippen LogP contribution in [0.5, 0.6) is 0 Å². The summed E-state index contributed by atoms with van der Waals surface area (Å²) in [7, 11) is 2.13. The molecule has 0 spiro atoms. The first kappa shape index (κ1) is 10.0. The summed E-state index contributed by atoms with van der Waals surface area (Å²) in [6, 6.07) is 0.429. The van der Waals surface area contributed by atoms with Gasteiger partial charge >= 0.3 is 0 Å². The fraction of sp³-hybridized carbons (Fsp3) is 1.00. The first-order valence-corrected chi connectivity index (χ1v) is 5.14. The highest BCUT2D eigenvalue weighted by Gasteiger charge is 2.25. The fourth-order valence-corrected chi connectivity index (χ4v) is 2.12. The van der Waals surface area contributed by atoms with E-state index in [1.807, 2.05) is 0 Å². The van der Waals surface area contributed by atoms with Crippen molar-refractivity contribution < 1.29 is 5.11 Å². The lowest BCUT2D eigenvalue weighted by atomic mass is 9.91. The second kappa shape index (κ2) is 4.83. The van der Waals surface area contributed by atoms with Crippen LogP contribution in [0, 0.1) is 0 Å².